The van der Waals surface area contributed by atoms with Crippen LogP contribution in [0, 0.1) is 5.41 Å². The van der Waals surface area contributed by atoms with Crippen molar-refractivity contribution in [3.63, 3.8) is 0 Å². The molecule has 0 unspecified atom stereocenters. The predicted molar refractivity (Wildman–Crippen MR) is 221 cm³/mol. The summed E-state index contributed by atoms with van der Waals surface area (Å²) in [5, 5.41) is 16.0. The molecule has 10 nitrogen and oxygen atoms in total. The van der Waals surface area contributed by atoms with E-state index < -0.39 is 11.4 Å². The van der Waals surface area contributed by atoms with Crippen molar-refractivity contribution in [1.82, 2.24) is 4.90 Å². The number of ether oxygens (including phenoxy) is 1. The van der Waals surface area contributed by atoms with Crippen LogP contribution in [-0.4, -0.2) is 52.8 Å². The molecule has 1 aliphatic rings. The SMILES string of the molecule is CCC(CC)N(Cc1cccc(C(=O)Nc2sc3c(c2C(=O)Nc2ccc(CCc4ccc(C(=O)OC)cc4)cc2)CCCC3)c1)C(=O)CC(C)(C)CC(=O)O. The Bertz CT molecular complexity index is 2030. The highest BCUT2D eigenvalue weighted by atomic mass is 32.1. The van der Waals surface area contributed by atoms with Crippen LogP contribution in [-0.2, 0) is 46.6 Å². The fraction of sp³-hybridized carbons (Fsp3) is 0.400. The molecule has 1 heterocycles. The number of amides is 3. The fourth-order valence-corrected chi connectivity index (χ4v) is 8.65. The molecule has 0 spiro atoms. The van der Waals surface area contributed by atoms with Crippen LogP contribution in [0.1, 0.15) is 124 Å². The Morgan fingerprint density at radius 1 is 0.804 bits per heavy atom. The van der Waals surface area contributed by atoms with Crippen LogP contribution in [0.5, 0.6) is 0 Å². The molecule has 1 aliphatic carbocycles. The van der Waals surface area contributed by atoms with Gasteiger partial charge >= 0.3 is 11.9 Å². The van der Waals surface area contributed by atoms with Crippen molar-refractivity contribution in [2.24, 2.45) is 5.41 Å². The minimum Gasteiger partial charge on any atom is -0.481 e. The number of hydrogen-bond acceptors (Lipinski definition) is 7. The van der Waals surface area contributed by atoms with Crippen molar-refractivity contribution >= 4 is 51.7 Å². The van der Waals surface area contributed by atoms with Crippen molar-refractivity contribution in [1.29, 1.82) is 0 Å². The van der Waals surface area contributed by atoms with E-state index in [1.165, 1.54) is 18.4 Å². The van der Waals surface area contributed by atoms with E-state index in [0.29, 0.717) is 33.9 Å². The molecule has 3 amide bonds. The molecular formula is C45H53N3O7S. The Morgan fingerprint density at radius 2 is 1.45 bits per heavy atom. The van der Waals surface area contributed by atoms with Gasteiger partial charge in [0.05, 0.1) is 24.7 Å². The summed E-state index contributed by atoms with van der Waals surface area (Å²) < 4.78 is 4.78. The Kier molecular flexibility index (Phi) is 14.2. The molecule has 3 aromatic carbocycles. The van der Waals surface area contributed by atoms with E-state index in [4.69, 9.17) is 4.74 Å². The molecule has 0 saturated heterocycles. The lowest BCUT2D eigenvalue weighted by Crippen LogP contribution is -2.41. The molecule has 0 radical (unpaired) electrons. The highest BCUT2D eigenvalue weighted by molar-refractivity contribution is 7.17. The van der Waals surface area contributed by atoms with E-state index in [0.717, 1.165) is 78.5 Å². The van der Waals surface area contributed by atoms with Gasteiger partial charge < -0.3 is 25.4 Å². The number of benzene rings is 3. The fourth-order valence-electron chi connectivity index (χ4n) is 7.37. The smallest absolute Gasteiger partial charge is 0.337 e. The zero-order valence-electron chi connectivity index (χ0n) is 33.0. The number of nitrogens with zero attached hydrogens (tertiary/aromatic N) is 1. The van der Waals surface area contributed by atoms with Gasteiger partial charge in [-0.3, -0.25) is 19.2 Å². The van der Waals surface area contributed by atoms with Gasteiger partial charge in [0, 0.05) is 35.1 Å². The highest BCUT2D eigenvalue weighted by Crippen LogP contribution is 2.39. The van der Waals surface area contributed by atoms with E-state index >= 15 is 0 Å². The first kappa shape index (κ1) is 41.9. The summed E-state index contributed by atoms with van der Waals surface area (Å²) in [4.78, 5) is 67.5. The van der Waals surface area contributed by atoms with Crippen molar-refractivity contribution in [3.8, 4) is 0 Å². The van der Waals surface area contributed by atoms with Crippen molar-refractivity contribution in [2.75, 3.05) is 17.7 Å². The Labute approximate surface area is 333 Å². The highest BCUT2D eigenvalue weighted by Gasteiger charge is 2.31. The summed E-state index contributed by atoms with van der Waals surface area (Å²) in [5.41, 5.74) is 5.38. The summed E-state index contributed by atoms with van der Waals surface area (Å²) in [6.45, 7) is 7.94. The second-order valence-corrected chi connectivity index (χ2v) is 16.4. The standard InChI is InChI=1S/C45H53N3O7S/c1-6-35(7-2)48(38(49)26-45(3,4)27-39(50)51)28-31-11-10-12-33(25-31)41(52)47-43-40(36-13-8-9-14-37(36)56-43)42(53)46-34-23-19-30(20-24-34)16-15-29-17-21-32(22-18-29)44(54)55-5/h10-12,17-25,35H,6-9,13-16,26-28H2,1-5H3,(H,46,53)(H,47,52)(H,50,51). The number of fused-ring (bicyclic) bond motifs is 1. The molecule has 0 bridgehead atoms. The van der Waals surface area contributed by atoms with Gasteiger partial charge in [0.2, 0.25) is 5.91 Å². The number of nitrogens with one attached hydrogen (secondary N) is 2. The first-order valence-corrected chi connectivity index (χ1v) is 20.3. The maximum Gasteiger partial charge on any atom is 0.337 e. The quantitative estimate of drug-likeness (QED) is 0.0908. The average Bonchev–Trinajstić information content (AvgIpc) is 3.54. The number of aryl methyl sites for hydroxylation is 3. The van der Waals surface area contributed by atoms with E-state index in [1.54, 1.807) is 44.2 Å². The number of esters is 1. The number of rotatable bonds is 17. The third-order valence-corrected chi connectivity index (χ3v) is 11.6. The summed E-state index contributed by atoms with van der Waals surface area (Å²) >= 11 is 1.46. The lowest BCUT2D eigenvalue weighted by molar-refractivity contribution is -0.141. The van der Waals surface area contributed by atoms with E-state index in [2.05, 4.69) is 10.6 Å². The minimum absolute atomic E-state index is 0.0335. The Balaban J connectivity index is 1.28. The lowest BCUT2D eigenvalue weighted by atomic mass is 9.85. The van der Waals surface area contributed by atoms with Gasteiger partial charge in [-0.15, -0.1) is 11.3 Å². The Morgan fingerprint density at radius 3 is 2.07 bits per heavy atom. The van der Waals surface area contributed by atoms with Crippen LogP contribution in [0.15, 0.2) is 72.8 Å². The molecule has 5 rings (SSSR count). The maximum absolute atomic E-state index is 13.9. The monoisotopic (exact) mass is 779 g/mol. The molecule has 0 atom stereocenters. The number of carbonyl (C=O) groups excluding carboxylic acids is 4. The van der Waals surface area contributed by atoms with Crippen molar-refractivity contribution < 1.29 is 33.8 Å². The average molecular weight is 780 g/mol. The van der Waals surface area contributed by atoms with Crippen LogP contribution in [0.4, 0.5) is 10.7 Å². The molecule has 0 fully saturated rings. The van der Waals surface area contributed by atoms with Crippen LogP contribution in [0.2, 0.25) is 0 Å². The predicted octanol–water partition coefficient (Wildman–Crippen LogP) is 9.11. The summed E-state index contributed by atoms with van der Waals surface area (Å²) in [7, 11) is 1.36. The van der Waals surface area contributed by atoms with Crippen LogP contribution >= 0.6 is 11.3 Å². The number of carbonyl (C=O) groups is 5. The summed E-state index contributed by atoms with van der Waals surface area (Å²) in [6.07, 6.45) is 6.69. The van der Waals surface area contributed by atoms with Crippen LogP contribution < -0.4 is 10.6 Å². The maximum atomic E-state index is 13.9. The number of thiophene rings is 1. The van der Waals surface area contributed by atoms with Gasteiger partial charge in [-0.05, 0) is 115 Å². The topological polar surface area (TPSA) is 142 Å². The first-order valence-electron chi connectivity index (χ1n) is 19.4. The van der Waals surface area contributed by atoms with Gasteiger partial charge in [0.25, 0.3) is 11.8 Å². The second-order valence-electron chi connectivity index (χ2n) is 15.3. The minimum atomic E-state index is -0.938. The molecule has 0 aliphatic heterocycles. The van der Waals surface area contributed by atoms with Gasteiger partial charge in [-0.25, -0.2) is 4.79 Å². The van der Waals surface area contributed by atoms with Crippen LogP contribution in [0.25, 0.3) is 0 Å². The zero-order valence-corrected chi connectivity index (χ0v) is 33.9. The third kappa shape index (κ3) is 10.9. The molecule has 56 heavy (non-hydrogen) atoms. The van der Waals surface area contributed by atoms with Gasteiger partial charge in [-0.2, -0.15) is 0 Å². The zero-order chi connectivity index (χ0) is 40.4. The normalized spacial score (nSPS) is 12.5. The first-order chi connectivity index (χ1) is 26.8. The lowest BCUT2D eigenvalue weighted by Gasteiger charge is -2.34. The summed E-state index contributed by atoms with van der Waals surface area (Å²) in [5.74, 6) is -2.02. The molecule has 11 heteroatoms. The molecule has 3 N–H and O–H groups in total. The third-order valence-electron chi connectivity index (χ3n) is 10.4. The number of carboxylic acid groups (broad SMARTS) is 1. The Hall–Kier alpha value is -5.29. The van der Waals surface area contributed by atoms with Gasteiger partial charge in [0.15, 0.2) is 0 Å². The number of carboxylic acids is 1. The van der Waals surface area contributed by atoms with E-state index in [9.17, 15) is 29.1 Å². The number of anilines is 2. The molecule has 4 aromatic rings. The van der Waals surface area contributed by atoms with E-state index in [-0.39, 0.29) is 42.6 Å². The van der Waals surface area contributed by atoms with Gasteiger partial charge in [0.1, 0.15) is 5.00 Å². The van der Waals surface area contributed by atoms with E-state index in [1.807, 2.05) is 61.2 Å². The number of hydrogen-bond donors (Lipinski definition) is 3. The number of aliphatic carboxylic acids is 1. The van der Waals surface area contributed by atoms with Gasteiger partial charge in [-0.1, -0.05) is 64.1 Å². The second kappa shape index (κ2) is 19.0. The molecule has 0 saturated carbocycles. The molecular weight excluding hydrogens is 727 g/mol. The van der Waals surface area contributed by atoms with Crippen molar-refractivity contribution in [3.05, 3.63) is 117 Å². The largest absolute Gasteiger partial charge is 0.481 e. The molecule has 296 valence electrons. The molecule has 1 aromatic heterocycles. The van der Waals surface area contributed by atoms with Crippen LogP contribution in [0.3, 0.4) is 0 Å². The summed E-state index contributed by atoms with van der Waals surface area (Å²) in [6, 6.07) is 22.3. The van der Waals surface area contributed by atoms with Crippen molar-refractivity contribution in [2.45, 2.75) is 104 Å². The number of methoxy groups -OCH3 is 1.